The molecule has 2 heteroatoms. The van der Waals surface area contributed by atoms with Crippen molar-refractivity contribution in [3.05, 3.63) is 12.2 Å². The lowest BCUT2D eigenvalue weighted by Gasteiger charge is -2.02. The van der Waals surface area contributed by atoms with E-state index in [0.717, 1.165) is 19.3 Å². The summed E-state index contributed by atoms with van der Waals surface area (Å²) >= 11 is 0. The van der Waals surface area contributed by atoms with E-state index < -0.39 is 5.97 Å². The molecule has 0 fully saturated rings. The molecule has 64 valence electrons. The highest BCUT2D eigenvalue weighted by Gasteiger charge is 2.08. The van der Waals surface area contributed by atoms with E-state index >= 15 is 0 Å². The van der Waals surface area contributed by atoms with Gasteiger partial charge in [-0.1, -0.05) is 19.1 Å². The Balaban J connectivity index is 3.31. The Morgan fingerprint density at radius 3 is 2.73 bits per heavy atom. The second-order valence-electron chi connectivity index (χ2n) is 2.74. The Morgan fingerprint density at radius 1 is 1.64 bits per heavy atom. The lowest BCUT2D eigenvalue weighted by Crippen LogP contribution is -2.08. The van der Waals surface area contributed by atoms with E-state index in [9.17, 15) is 4.79 Å². The number of unbranched alkanes of at least 4 members (excludes halogenated alkanes) is 1. The molecule has 11 heavy (non-hydrogen) atoms. The van der Waals surface area contributed by atoms with Crippen LogP contribution < -0.4 is 0 Å². The van der Waals surface area contributed by atoms with Gasteiger partial charge in [-0.15, -0.1) is 0 Å². The molecule has 0 radical (unpaired) electrons. The van der Waals surface area contributed by atoms with Crippen LogP contribution >= 0.6 is 0 Å². The molecule has 0 aliphatic rings. The van der Waals surface area contributed by atoms with Crippen LogP contribution in [0.25, 0.3) is 0 Å². The molecule has 0 saturated carbocycles. The summed E-state index contributed by atoms with van der Waals surface area (Å²) in [5.74, 6) is -0.884. The number of carbonyl (C=O) groups is 1. The van der Waals surface area contributed by atoms with Crippen LogP contribution in [0.3, 0.4) is 0 Å². The number of hydrogen-bond donors (Lipinski definition) is 1. The van der Waals surface area contributed by atoms with Crippen LogP contribution in [-0.2, 0) is 4.79 Å². The monoisotopic (exact) mass is 156 g/mol. The van der Waals surface area contributed by atoms with E-state index in [1.165, 1.54) is 0 Å². The third kappa shape index (κ3) is 5.64. The summed E-state index contributed by atoms with van der Waals surface area (Å²) in [5.41, 5.74) is 0. The number of hydrogen-bond acceptors (Lipinski definition) is 1. The zero-order chi connectivity index (χ0) is 8.69. The maximum absolute atomic E-state index is 10.3. The molecular formula is C9H16O2. The summed E-state index contributed by atoms with van der Waals surface area (Å²) in [4.78, 5) is 10.3. The first-order valence-corrected chi connectivity index (χ1v) is 4.02. The lowest BCUT2D eigenvalue weighted by molar-refractivity contribution is -0.141. The third-order valence-corrected chi connectivity index (χ3v) is 1.67. The average molecular weight is 156 g/mol. The third-order valence-electron chi connectivity index (χ3n) is 1.67. The minimum Gasteiger partial charge on any atom is -0.481 e. The molecule has 0 rings (SSSR count). The minimum atomic E-state index is -0.689. The first-order chi connectivity index (χ1) is 5.18. The summed E-state index contributed by atoms with van der Waals surface area (Å²) in [5, 5.41) is 8.52. The van der Waals surface area contributed by atoms with E-state index in [1.54, 1.807) is 6.92 Å². The summed E-state index contributed by atoms with van der Waals surface area (Å²) in [6, 6.07) is 0. The molecule has 0 aliphatic carbocycles. The normalized spacial score (nSPS) is 13.6. The Bertz CT molecular complexity index is 138. The standard InChI is InChI=1S/C9H16O2/c1-3-4-5-6-7-8(2)9(10)11/h3-4,8H,5-7H2,1-2H3,(H,10,11)/b4-3-. The molecule has 0 bridgehead atoms. The van der Waals surface area contributed by atoms with Gasteiger partial charge in [0.15, 0.2) is 0 Å². The molecule has 0 heterocycles. The van der Waals surface area contributed by atoms with Crippen molar-refractivity contribution in [3.8, 4) is 0 Å². The van der Waals surface area contributed by atoms with Gasteiger partial charge in [0.25, 0.3) is 0 Å². The summed E-state index contributed by atoms with van der Waals surface area (Å²) < 4.78 is 0. The highest BCUT2D eigenvalue weighted by molar-refractivity contribution is 5.69. The van der Waals surface area contributed by atoms with Crippen LogP contribution in [0.4, 0.5) is 0 Å². The van der Waals surface area contributed by atoms with Gasteiger partial charge in [0.2, 0.25) is 0 Å². The molecule has 1 atom stereocenters. The van der Waals surface area contributed by atoms with Crippen molar-refractivity contribution >= 4 is 5.97 Å². The van der Waals surface area contributed by atoms with Gasteiger partial charge < -0.3 is 5.11 Å². The number of carboxylic acids is 1. The van der Waals surface area contributed by atoms with Crippen molar-refractivity contribution in [2.45, 2.75) is 33.1 Å². The quantitative estimate of drug-likeness (QED) is 0.490. The van der Waals surface area contributed by atoms with Crippen molar-refractivity contribution in [2.24, 2.45) is 5.92 Å². The topological polar surface area (TPSA) is 37.3 Å². The Labute approximate surface area is 67.9 Å². The fourth-order valence-corrected chi connectivity index (χ4v) is 0.832. The van der Waals surface area contributed by atoms with Gasteiger partial charge >= 0.3 is 5.97 Å². The number of carboxylic acid groups (broad SMARTS) is 1. The molecule has 2 nitrogen and oxygen atoms in total. The highest BCUT2D eigenvalue weighted by Crippen LogP contribution is 2.07. The van der Waals surface area contributed by atoms with Crippen molar-refractivity contribution in [3.63, 3.8) is 0 Å². The minimum absolute atomic E-state index is 0.194. The molecular weight excluding hydrogens is 140 g/mol. The van der Waals surface area contributed by atoms with Crippen LogP contribution in [-0.4, -0.2) is 11.1 Å². The number of rotatable bonds is 5. The number of aliphatic carboxylic acids is 1. The molecule has 1 unspecified atom stereocenters. The fourth-order valence-electron chi connectivity index (χ4n) is 0.832. The van der Waals surface area contributed by atoms with Crippen LogP contribution in [0.1, 0.15) is 33.1 Å². The SMILES string of the molecule is C/C=C\CCCC(C)C(=O)O. The lowest BCUT2D eigenvalue weighted by atomic mass is 10.0. The van der Waals surface area contributed by atoms with E-state index in [4.69, 9.17) is 5.11 Å². The van der Waals surface area contributed by atoms with Crippen molar-refractivity contribution in [1.29, 1.82) is 0 Å². The average Bonchev–Trinajstić information content (AvgIpc) is 1.97. The van der Waals surface area contributed by atoms with Crippen LogP contribution in [0, 0.1) is 5.92 Å². The molecule has 1 N–H and O–H groups in total. The first-order valence-electron chi connectivity index (χ1n) is 4.02. The largest absolute Gasteiger partial charge is 0.481 e. The summed E-state index contributed by atoms with van der Waals surface area (Å²) in [6.45, 7) is 3.72. The second-order valence-corrected chi connectivity index (χ2v) is 2.74. The zero-order valence-electron chi connectivity index (χ0n) is 7.21. The van der Waals surface area contributed by atoms with E-state index in [1.807, 2.05) is 13.0 Å². The van der Waals surface area contributed by atoms with E-state index in [2.05, 4.69) is 6.08 Å². The molecule has 0 aromatic heterocycles. The van der Waals surface area contributed by atoms with Gasteiger partial charge in [-0.05, 0) is 26.2 Å². The van der Waals surface area contributed by atoms with E-state index in [-0.39, 0.29) is 5.92 Å². The van der Waals surface area contributed by atoms with Crippen LogP contribution in [0.2, 0.25) is 0 Å². The van der Waals surface area contributed by atoms with Crippen molar-refractivity contribution in [2.75, 3.05) is 0 Å². The zero-order valence-corrected chi connectivity index (χ0v) is 7.21. The van der Waals surface area contributed by atoms with Crippen molar-refractivity contribution < 1.29 is 9.90 Å². The van der Waals surface area contributed by atoms with Gasteiger partial charge in [0, 0.05) is 0 Å². The molecule has 0 aromatic carbocycles. The second kappa shape index (κ2) is 5.96. The molecule has 0 aromatic rings. The summed E-state index contributed by atoms with van der Waals surface area (Å²) in [6.07, 6.45) is 6.80. The van der Waals surface area contributed by atoms with Gasteiger partial charge in [0.05, 0.1) is 5.92 Å². The maximum atomic E-state index is 10.3. The molecule has 0 amide bonds. The van der Waals surface area contributed by atoms with Gasteiger partial charge in [-0.3, -0.25) is 4.79 Å². The van der Waals surface area contributed by atoms with Gasteiger partial charge in [-0.25, -0.2) is 0 Å². The van der Waals surface area contributed by atoms with Crippen LogP contribution in [0.15, 0.2) is 12.2 Å². The predicted molar refractivity (Wildman–Crippen MR) is 45.5 cm³/mol. The molecule has 0 aliphatic heterocycles. The van der Waals surface area contributed by atoms with E-state index in [0.29, 0.717) is 0 Å². The summed E-state index contributed by atoms with van der Waals surface area (Å²) in [7, 11) is 0. The molecule has 0 saturated heterocycles. The smallest absolute Gasteiger partial charge is 0.306 e. The highest BCUT2D eigenvalue weighted by atomic mass is 16.4. The fraction of sp³-hybridized carbons (Fsp3) is 0.667. The van der Waals surface area contributed by atoms with Crippen molar-refractivity contribution in [1.82, 2.24) is 0 Å². The Hall–Kier alpha value is -0.790. The maximum Gasteiger partial charge on any atom is 0.306 e. The van der Waals surface area contributed by atoms with Gasteiger partial charge in [0.1, 0.15) is 0 Å². The van der Waals surface area contributed by atoms with Gasteiger partial charge in [-0.2, -0.15) is 0 Å². The first kappa shape index (κ1) is 10.2. The Morgan fingerprint density at radius 2 is 2.27 bits per heavy atom. The van der Waals surface area contributed by atoms with Crippen LogP contribution in [0.5, 0.6) is 0 Å². The molecule has 0 spiro atoms. The number of allylic oxidation sites excluding steroid dienone is 2. The predicted octanol–water partition coefficient (Wildman–Crippen LogP) is 2.45. The Kier molecular flexibility index (Phi) is 5.53.